The fourth-order valence-corrected chi connectivity index (χ4v) is 3.92. The van der Waals surface area contributed by atoms with Gasteiger partial charge in [0.05, 0.1) is 11.9 Å². The summed E-state index contributed by atoms with van der Waals surface area (Å²) in [6, 6.07) is 0. The minimum absolute atomic E-state index is 0.0802. The summed E-state index contributed by atoms with van der Waals surface area (Å²) in [7, 11) is -3.70. The molecule has 0 aliphatic rings. The molecule has 7 nitrogen and oxygen atoms in total. The predicted octanol–water partition coefficient (Wildman–Crippen LogP) is 1.78. The van der Waals surface area contributed by atoms with Gasteiger partial charge in [-0.05, 0) is 26.8 Å². The van der Waals surface area contributed by atoms with Crippen molar-refractivity contribution >= 4 is 26.5 Å². The zero-order valence-electron chi connectivity index (χ0n) is 12.2. The van der Waals surface area contributed by atoms with E-state index in [0.717, 1.165) is 23.5 Å². The van der Waals surface area contributed by atoms with Crippen molar-refractivity contribution in [1.29, 1.82) is 0 Å². The van der Waals surface area contributed by atoms with Crippen molar-refractivity contribution in [3.63, 3.8) is 0 Å². The maximum Gasteiger partial charge on any atom is 0.280 e. The normalized spacial score (nSPS) is 11.8. The lowest BCUT2D eigenvalue weighted by atomic mass is 10.3. The van der Waals surface area contributed by atoms with Crippen LogP contribution in [-0.2, 0) is 16.6 Å². The first-order chi connectivity index (χ1) is 9.94. The van der Waals surface area contributed by atoms with Gasteiger partial charge in [-0.25, -0.2) is 4.98 Å². The van der Waals surface area contributed by atoms with E-state index in [1.165, 1.54) is 17.5 Å². The molecule has 0 aliphatic heterocycles. The van der Waals surface area contributed by atoms with Crippen LogP contribution in [0.5, 0.6) is 0 Å². The van der Waals surface area contributed by atoms with E-state index in [1.54, 1.807) is 0 Å². The summed E-state index contributed by atoms with van der Waals surface area (Å²) in [5.41, 5.74) is 1.44. The average Bonchev–Trinajstić information content (AvgIpc) is 2.98. The Labute approximate surface area is 128 Å². The van der Waals surface area contributed by atoms with Crippen LogP contribution in [0, 0.1) is 13.8 Å². The standard InChI is InChI=1S/C12H19N5O2S2/c1-4-5-13-6-10-7-14-16-11(10)21(18,19)17-12-15-8(2)9(3)20-12/h7,13H,4-6H2,1-3H3,(H,14,16)(H,15,17). The minimum atomic E-state index is -3.70. The largest absolute Gasteiger partial charge is 0.313 e. The molecule has 0 aliphatic carbocycles. The first-order valence-corrected chi connectivity index (χ1v) is 8.93. The Morgan fingerprint density at radius 1 is 1.38 bits per heavy atom. The fourth-order valence-electron chi connectivity index (χ4n) is 1.74. The van der Waals surface area contributed by atoms with Crippen LogP contribution in [0.1, 0.15) is 29.5 Å². The van der Waals surface area contributed by atoms with Gasteiger partial charge in [0.1, 0.15) is 0 Å². The second-order valence-electron chi connectivity index (χ2n) is 4.67. The van der Waals surface area contributed by atoms with Gasteiger partial charge in [0, 0.05) is 17.0 Å². The van der Waals surface area contributed by atoms with Gasteiger partial charge >= 0.3 is 0 Å². The number of rotatable bonds is 7. The molecule has 0 fully saturated rings. The van der Waals surface area contributed by atoms with E-state index in [2.05, 4.69) is 32.1 Å². The van der Waals surface area contributed by atoms with Crippen LogP contribution < -0.4 is 10.0 Å². The number of aryl methyl sites for hydroxylation is 2. The van der Waals surface area contributed by atoms with Gasteiger partial charge in [-0.1, -0.05) is 6.92 Å². The zero-order valence-corrected chi connectivity index (χ0v) is 13.9. The van der Waals surface area contributed by atoms with Crippen LogP contribution in [0.15, 0.2) is 11.2 Å². The molecule has 0 saturated heterocycles. The van der Waals surface area contributed by atoms with Gasteiger partial charge in [-0.3, -0.25) is 9.82 Å². The Balaban J connectivity index is 2.17. The number of aromatic amines is 1. The maximum absolute atomic E-state index is 12.4. The number of thiazole rings is 1. The van der Waals surface area contributed by atoms with Crippen molar-refractivity contribution in [2.45, 2.75) is 38.8 Å². The zero-order chi connectivity index (χ0) is 15.5. The Morgan fingerprint density at radius 3 is 2.76 bits per heavy atom. The molecule has 2 heterocycles. The van der Waals surface area contributed by atoms with Crippen molar-refractivity contribution < 1.29 is 8.42 Å². The van der Waals surface area contributed by atoms with Crippen LogP contribution >= 0.6 is 11.3 Å². The highest BCUT2D eigenvalue weighted by Crippen LogP contribution is 2.24. The third kappa shape index (κ3) is 3.80. The maximum atomic E-state index is 12.4. The number of hydrogen-bond donors (Lipinski definition) is 3. The molecule has 3 N–H and O–H groups in total. The van der Waals surface area contributed by atoms with Crippen LogP contribution in [0.25, 0.3) is 0 Å². The van der Waals surface area contributed by atoms with E-state index in [-0.39, 0.29) is 5.03 Å². The molecule has 0 unspecified atom stereocenters. The van der Waals surface area contributed by atoms with Gasteiger partial charge in [-0.2, -0.15) is 13.5 Å². The van der Waals surface area contributed by atoms with Gasteiger partial charge in [0.2, 0.25) is 0 Å². The SMILES string of the molecule is CCCNCc1cn[nH]c1S(=O)(=O)Nc1nc(C)c(C)s1. The van der Waals surface area contributed by atoms with Gasteiger partial charge in [0.15, 0.2) is 10.2 Å². The molecular weight excluding hydrogens is 310 g/mol. The highest BCUT2D eigenvalue weighted by Gasteiger charge is 2.22. The molecule has 0 aromatic carbocycles. The monoisotopic (exact) mass is 329 g/mol. The summed E-state index contributed by atoms with van der Waals surface area (Å²) >= 11 is 1.31. The highest BCUT2D eigenvalue weighted by atomic mass is 32.2. The van der Waals surface area contributed by atoms with E-state index in [9.17, 15) is 8.42 Å². The smallest absolute Gasteiger partial charge is 0.280 e. The first kappa shape index (κ1) is 15.9. The molecular formula is C12H19N5O2S2. The summed E-state index contributed by atoms with van der Waals surface area (Å²) < 4.78 is 27.3. The molecule has 0 atom stereocenters. The summed E-state index contributed by atoms with van der Waals surface area (Å²) in [5, 5.41) is 9.99. The quantitative estimate of drug-likeness (QED) is 0.672. The molecule has 0 amide bonds. The molecule has 21 heavy (non-hydrogen) atoms. The van der Waals surface area contributed by atoms with E-state index in [0.29, 0.717) is 17.2 Å². The molecule has 0 saturated carbocycles. The van der Waals surface area contributed by atoms with Crippen LogP contribution in [0.3, 0.4) is 0 Å². The lowest BCUT2D eigenvalue weighted by Crippen LogP contribution is -2.19. The molecule has 116 valence electrons. The van der Waals surface area contributed by atoms with E-state index >= 15 is 0 Å². The Bertz CT molecular complexity index is 686. The average molecular weight is 329 g/mol. The van der Waals surface area contributed by atoms with Crippen LogP contribution in [-0.4, -0.2) is 30.1 Å². The number of hydrogen-bond acceptors (Lipinski definition) is 6. The van der Waals surface area contributed by atoms with Gasteiger partial charge in [-0.15, -0.1) is 11.3 Å². The minimum Gasteiger partial charge on any atom is -0.313 e. The summed E-state index contributed by atoms with van der Waals surface area (Å²) in [6.45, 7) is 7.08. The molecule has 0 spiro atoms. The number of H-pyrrole nitrogens is 1. The molecule has 2 aromatic rings. The molecule has 9 heteroatoms. The topological polar surface area (TPSA) is 99.8 Å². The highest BCUT2D eigenvalue weighted by molar-refractivity contribution is 7.92. The van der Waals surface area contributed by atoms with E-state index in [1.807, 2.05) is 13.8 Å². The number of nitrogens with zero attached hydrogens (tertiary/aromatic N) is 2. The fraction of sp³-hybridized carbons (Fsp3) is 0.500. The second-order valence-corrected chi connectivity index (χ2v) is 7.49. The number of sulfonamides is 1. The van der Waals surface area contributed by atoms with E-state index in [4.69, 9.17) is 0 Å². The second kappa shape index (κ2) is 6.54. The summed E-state index contributed by atoms with van der Waals surface area (Å²) in [5.74, 6) is 0. The van der Waals surface area contributed by atoms with E-state index < -0.39 is 10.0 Å². The van der Waals surface area contributed by atoms with Crippen molar-refractivity contribution in [2.75, 3.05) is 11.3 Å². The lowest BCUT2D eigenvalue weighted by Gasteiger charge is -2.06. The molecule has 0 radical (unpaired) electrons. The van der Waals surface area contributed by atoms with Crippen LogP contribution in [0.2, 0.25) is 0 Å². The Morgan fingerprint density at radius 2 is 2.14 bits per heavy atom. The molecule has 0 bridgehead atoms. The van der Waals surface area contributed by atoms with Gasteiger partial charge in [0.25, 0.3) is 10.0 Å². The van der Waals surface area contributed by atoms with Crippen molar-refractivity contribution in [3.05, 3.63) is 22.3 Å². The molecule has 2 rings (SSSR count). The third-order valence-electron chi connectivity index (χ3n) is 2.94. The van der Waals surface area contributed by atoms with Crippen LogP contribution in [0.4, 0.5) is 5.13 Å². The third-order valence-corrected chi connectivity index (χ3v) is 5.41. The Hall–Kier alpha value is -1.45. The number of nitrogens with one attached hydrogen (secondary N) is 3. The molecule has 2 aromatic heterocycles. The summed E-state index contributed by atoms with van der Waals surface area (Å²) in [4.78, 5) is 5.18. The van der Waals surface area contributed by atoms with Crippen molar-refractivity contribution in [2.24, 2.45) is 0 Å². The predicted molar refractivity (Wildman–Crippen MR) is 83.0 cm³/mol. The van der Waals surface area contributed by atoms with Gasteiger partial charge < -0.3 is 5.32 Å². The first-order valence-electron chi connectivity index (χ1n) is 6.64. The van der Waals surface area contributed by atoms with Crippen molar-refractivity contribution in [3.8, 4) is 0 Å². The number of anilines is 1. The number of aromatic nitrogens is 3. The Kier molecular flexibility index (Phi) is 4.96. The lowest BCUT2D eigenvalue weighted by molar-refractivity contribution is 0.593. The summed E-state index contributed by atoms with van der Waals surface area (Å²) in [6.07, 6.45) is 2.51. The van der Waals surface area contributed by atoms with Crippen molar-refractivity contribution in [1.82, 2.24) is 20.5 Å².